The van der Waals surface area contributed by atoms with Crippen LogP contribution in [0, 0.1) is 0 Å². The molecule has 44 valence electrons. The summed E-state index contributed by atoms with van der Waals surface area (Å²) in [7, 11) is 0. The standard InChI is InChI=1S/C2H2F3NO.Na.H/c3-2(4,5)1(6)7;;/h(H2,6,7);;. The number of hydrogen-bond acceptors (Lipinski definition) is 1. The minimum absolute atomic E-state index is 0. The molecule has 0 atom stereocenters. The van der Waals surface area contributed by atoms with Gasteiger partial charge in [-0.25, -0.2) is 0 Å². The molecule has 0 aliphatic carbocycles. The van der Waals surface area contributed by atoms with Gasteiger partial charge < -0.3 is 5.73 Å². The molecule has 8 heavy (non-hydrogen) atoms. The SMILES string of the molecule is NC(=O)C(F)(F)F.[NaH]. The van der Waals surface area contributed by atoms with Crippen LogP contribution in [0.25, 0.3) is 0 Å². The van der Waals surface area contributed by atoms with E-state index in [2.05, 4.69) is 5.73 Å². The molecule has 0 unspecified atom stereocenters. The number of rotatable bonds is 0. The van der Waals surface area contributed by atoms with Gasteiger partial charge in [-0.05, 0) is 0 Å². The molecular weight excluding hydrogens is 134 g/mol. The van der Waals surface area contributed by atoms with Crippen molar-refractivity contribution in [3.63, 3.8) is 0 Å². The summed E-state index contributed by atoms with van der Waals surface area (Å²) in [5, 5.41) is 0. The number of primary amides is 1. The normalized spacial score (nSPS) is 9.88. The molecule has 0 aromatic heterocycles. The maximum absolute atomic E-state index is 10.7. The van der Waals surface area contributed by atoms with Gasteiger partial charge in [-0.15, -0.1) is 0 Å². The molecule has 0 heterocycles. The Bertz CT molecular complexity index is 89.8. The Morgan fingerprint density at radius 1 is 1.38 bits per heavy atom. The molecule has 2 N–H and O–H groups in total. The van der Waals surface area contributed by atoms with Gasteiger partial charge in [-0.2, -0.15) is 13.2 Å². The second-order valence-electron chi connectivity index (χ2n) is 0.862. The molecule has 0 radical (unpaired) electrons. The van der Waals surface area contributed by atoms with Crippen LogP contribution < -0.4 is 5.73 Å². The summed E-state index contributed by atoms with van der Waals surface area (Å²) in [4.78, 5) is 9.12. The van der Waals surface area contributed by atoms with Crippen LogP contribution in [0.3, 0.4) is 0 Å². The van der Waals surface area contributed by atoms with E-state index in [0.717, 1.165) is 0 Å². The molecule has 0 saturated carbocycles. The van der Waals surface area contributed by atoms with Crippen molar-refractivity contribution >= 4 is 35.5 Å². The van der Waals surface area contributed by atoms with E-state index < -0.39 is 12.1 Å². The molecule has 0 saturated heterocycles. The minimum atomic E-state index is -4.86. The van der Waals surface area contributed by atoms with Crippen LogP contribution in [0.1, 0.15) is 0 Å². The van der Waals surface area contributed by atoms with Crippen molar-refractivity contribution in [3.05, 3.63) is 0 Å². The van der Waals surface area contributed by atoms with E-state index in [9.17, 15) is 13.2 Å². The van der Waals surface area contributed by atoms with Crippen molar-refractivity contribution < 1.29 is 18.0 Å². The first-order chi connectivity index (χ1) is 2.94. The molecule has 0 aromatic carbocycles. The Morgan fingerprint density at radius 3 is 1.50 bits per heavy atom. The molecule has 0 aliphatic rings. The summed E-state index contributed by atoms with van der Waals surface area (Å²) in [6.07, 6.45) is -4.86. The molecule has 0 aromatic rings. The zero-order valence-corrected chi connectivity index (χ0v) is 3.12. The average molecular weight is 137 g/mol. The molecule has 2 nitrogen and oxygen atoms in total. The predicted octanol–water partition coefficient (Wildman–Crippen LogP) is -0.614. The Kier molecular flexibility index (Phi) is 4.61. The van der Waals surface area contributed by atoms with Crippen LogP contribution in [0.15, 0.2) is 0 Å². The number of halogens is 3. The molecule has 0 fully saturated rings. The van der Waals surface area contributed by atoms with E-state index in [1.54, 1.807) is 0 Å². The fourth-order valence-corrected chi connectivity index (χ4v) is 0. The third-order valence-corrected chi connectivity index (χ3v) is 0.279. The van der Waals surface area contributed by atoms with E-state index in [1.165, 1.54) is 0 Å². The van der Waals surface area contributed by atoms with Gasteiger partial charge >= 0.3 is 41.6 Å². The van der Waals surface area contributed by atoms with Crippen molar-refractivity contribution in [1.82, 2.24) is 0 Å². The molecule has 0 rings (SSSR count). The topological polar surface area (TPSA) is 43.1 Å². The van der Waals surface area contributed by atoms with E-state index in [4.69, 9.17) is 4.79 Å². The van der Waals surface area contributed by atoms with Crippen LogP contribution in [0.5, 0.6) is 0 Å². The number of carbonyl (C=O) groups is 1. The predicted molar refractivity (Wildman–Crippen MR) is 22.4 cm³/mol. The molecular formula is C2H3F3NNaO. The maximum atomic E-state index is 10.7. The van der Waals surface area contributed by atoms with Gasteiger partial charge in [0, 0.05) is 0 Å². The van der Waals surface area contributed by atoms with Gasteiger partial charge in [0.1, 0.15) is 0 Å². The summed E-state index contributed by atoms with van der Waals surface area (Å²) in [6, 6.07) is 0. The van der Waals surface area contributed by atoms with Crippen molar-refractivity contribution in [3.8, 4) is 0 Å². The van der Waals surface area contributed by atoms with Crippen molar-refractivity contribution in [1.29, 1.82) is 0 Å². The van der Waals surface area contributed by atoms with Crippen LogP contribution in [-0.2, 0) is 4.79 Å². The Morgan fingerprint density at radius 2 is 1.50 bits per heavy atom. The zero-order valence-electron chi connectivity index (χ0n) is 3.12. The van der Waals surface area contributed by atoms with E-state index in [0.29, 0.717) is 0 Å². The molecule has 1 amide bonds. The second-order valence-corrected chi connectivity index (χ2v) is 0.862. The van der Waals surface area contributed by atoms with Crippen molar-refractivity contribution in [2.75, 3.05) is 0 Å². The quantitative estimate of drug-likeness (QED) is 0.444. The first-order valence-electron chi connectivity index (χ1n) is 1.31. The molecule has 6 heteroatoms. The number of hydrogen-bond donors (Lipinski definition) is 1. The third-order valence-electron chi connectivity index (χ3n) is 0.279. The summed E-state index contributed by atoms with van der Waals surface area (Å²) < 4.78 is 32.1. The zero-order chi connectivity index (χ0) is 6.08. The van der Waals surface area contributed by atoms with Crippen LogP contribution >= 0.6 is 0 Å². The summed E-state index contributed by atoms with van der Waals surface area (Å²) >= 11 is 0. The Balaban J connectivity index is 0. The number of amides is 1. The van der Waals surface area contributed by atoms with E-state index in [-0.39, 0.29) is 29.6 Å². The van der Waals surface area contributed by atoms with Gasteiger partial charge in [0.05, 0.1) is 0 Å². The van der Waals surface area contributed by atoms with Crippen LogP contribution in [0.2, 0.25) is 0 Å². The van der Waals surface area contributed by atoms with Crippen LogP contribution in [0.4, 0.5) is 13.2 Å². The van der Waals surface area contributed by atoms with E-state index >= 15 is 0 Å². The van der Waals surface area contributed by atoms with Gasteiger partial charge in [0.25, 0.3) is 0 Å². The monoisotopic (exact) mass is 137 g/mol. The second kappa shape index (κ2) is 3.32. The van der Waals surface area contributed by atoms with Gasteiger partial charge in [0.15, 0.2) is 0 Å². The fraction of sp³-hybridized carbons (Fsp3) is 0.500. The van der Waals surface area contributed by atoms with Gasteiger partial charge in [0.2, 0.25) is 0 Å². The van der Waals surface area contributed by atoms with Gasteiger partial charge in [-0.1, -0.05) is 0 Å². The summed E-state index contributed by atoms with van der Waals surface area (Å²) in [5.41, 5.74) is 3.81. The number of alkyl halides is 3. The number of carbonyl (C=O) groups excluding carboxylic acids is 1. The van der Waals surface area contributed by atoms with Crippen molar-refractivity contribution in [2.24, 2.45) is 5.73 Å². The third kappa shape index (κ3) is 4.42. The molecule has 0 aliphatic heterocycles. The summed E-state index contributed by atoms with van der Waals surface area (Å²) in [5.74, 6) is -2.26. The Hall–Kier alpha value is 0.260. The number of nitrogens with two attached hydrogens (primary N) is 1. The molecule has 0 spiro atoms. The van der Waals surface area contributed by atoms with Crippen LogP contribution in [-0.4, -0.2) is 41.6 Å². The van der Waals surface area contributed by atoms with Crippen molar-refractivity contribution in [2.45, 2.75) is 6.18 Å². The first kappa shape index (κ1) is 11.1. The van der Waals surface area contributed by atoms with E-state index in [1.807, 2.05) is 0 Å². The molecule has 0 bridgehead atoms. The summed E-state index contributed by atoms with van der Waals surface area (Å²) in [6.45, 7) is 0. The van der Waals surface area contributed by atoms with Gasteiger partial charge in [-0.3, -0.25) is 4.79 Å². The average Bonchev–Trinajstić information content (AvgIpc) is 1.31. The first-order valence-corrected chi connectivity index (χ1v) is 1.31. The fourth-order valence-electron chi connectivity index (χ4n) is 0. The Labute approximate surface area is 65.5 Å².